The topological polar surface area (TPSA) is 121 Å². The molecule has 11 heteroatoms. The lowest BCUT2D eigenvalue weighted by molar-refractivity contribution is -0.142. The smallest absolute Gasteiger partial charge is 0.431 e. The van der Waals surface area contributed by atoms with Crippen molar-refractivity contribution in [3.63, 3.8) is 0 Å². The Morgan fingerprint density at radius 2 is 1.15 bits per heavy atom. The lowest BCUT2D eigenvalue weighted by Gasteiger charge is -2.34. The summed E-state index contributed by atoms with van der Waals surface area (Å²) >= 11 is 0. The van der Waals surface area contributed by atoms with Crippen molar-refractivity contribution in [2.24, 2.45) is 0 Å². The number of carbonyl (C=O) groups excluding carboxylic acids is 4. The van der Waals surface area contributed by atoms with E-state index in [0.717, 1.165) is 10.0 Å². The SMILES string of the molecule is CCOC(=O)N1C2OC(C(COC(C)=O)=C2COC(C)=O)N1C(=O)OCC. The van der Waals surface area contributed by atoms with E-state index >= 15 is 0 Å². The number of hydrogen-bond acceptors (Lipinski definition) is 9. The second kappa shape index (κ2) is 8.71. The van der Waals surface area contributed by atoms with Crippen LogP contribution in [-0.4, -0.2) is 73.0 Å². The molecule has 2 aliphatic rings. The van der Waals surface area contributed by atoms with Gasteiger partial charge in [-0.2, -0.15) is 10.0 Å². The molecule has 1 fully saturated rings. The number of hydrogen-bond donors (Lipinski definition) is 0. The third-order valence-corrected chi connectivity index (χ3v) is 3.71. The minimum absolute atomic E-state index is 0.0761. The van der Waals surface area contributed by atoms with Crippen molar-refractivity contribution in [2.45, 2.75) is 40.2 Å². The van der Waals surface area contributed by atoms with Gasteiger partial charge in [0.1, 0.15) is 13.2 Å². The van der Waals surface area contributed by atoms with E-state index in [4.69, 9.17) is 23.7 Å². The molecule has 2 bridgehead atoms. The van der Waals surface area contributed by atoms with Crippen LogP contribution in [0, 0.1) is 0 Å². The zero-order valence-corrected chi connectivity index (χ0v) is 15.6. The van der Waals surface area contributed by atoms with Crippen molar-refractivity contribution in [2.75, 3.05) is 26.4 Å². The van der Waals surface area contributed by atoms with Crippen LogP contribution in [0.4, 0.5) is 9.59 Å². The van der Waals surface area contributed by atoms with E-state index in [-0.39, 0.29) is 26.4 Å². The van der Waals surface area contributed by atoms with Crippen molar-refractivity contribution in [3.05, 3.63) is 11.1 Å². The van der Waals surface area contributed by atoms with E-state index in [0.29, 0.717) is 11.1 Å². The number of ether oxygens (including phenoxy) is 5. The summed E-state index contributed by atoms with van der Waals surface area (Å²) in [5.41, 5.74) is 0.787. The minimum atomic E-state index is -1.05. The molecule has 150 valence electrons. The van der Waals surface area contributed by atoms with Gasteiger partial charge in [0.05, 0.1) is 13.2 Å². The minimum Gasteiger partial charge on any atom is -0.461 e. The Hall–Kier alpha value is -2.82. The van der Waals surface area contributed by atoms with Crippen LogP contribution >= 0.6 is 0 Å². The number of esters is 2. The average molecular weight is 386 g/mol. The van der Waals surface area contributed by atoms with Crippen molar-refractivity contribution >= 4 is 24.1 Å². The van der Waals surface area contributed by atoms with Gasteiger partial charge in [-0.1, -0.05) is 0 Å². The maximum absolute atomic E-state index is 12.4. The Balaban J connectivity index is 2.39. The molecule has 11 nitrogen and oxygen atoms in total. The molecule has 0 radical (unpaired) electrons. The molecule has 2 unspecified atom stereocenters. The van der Waals surface area contributed by atoms with Crippen molar-refractivity contribution < 1.29 is 42.9 Å². The van der Waals surface area contributed by atoms with E-state index in [1.54, 1.807) is 13.8 Å². The fourth-order valence-corrected chi connectivity index (χ4v) is 2.67. The van der Waals surface area contributed by atoms with E-state index in [2.05, 4.69) is 0 Å². The predicted octanol–water partition coefficient (Wildman–Crippen LogP) is 0.937. The highest BCUT2D eigenvalue weighted by Crippen LogP contribution is 2.41. The molecule has 2 aliphatic heterocycles. The maximum atomic E-state index is 12.4. The number of carbonyl (C=O) groups is 4. The van der Waals surface area contributed by atoms with Gasteiger partial charge in [-0.05, 0) is 13.8 Å². The summed E-state index contributed by atoms with van der Waals surface area (Å²) in [7, 11) is 0. The van der Waals surface area contributed by atoms with E-state index in [1.807, 2.05) is 0 Å². The Bertz CT molecular complexity index is 606. The number of amides is 2. The van der Waals surface area contributed by atoms with Crippen LogP contribution in [0.5, 0.6) is 0 Å². The van der Waals surface area contributed by atoms with Gasteiger partial charge in [-0.25, -0.2) is 9.59 Å². The first-order valence-corrected chi connectivity index (χ1v) is 8.37. The number of nitrogens with zero attached hydrogens (tertiary/aromatic N) is 2. The van der Waals surface area contributed by atoms with Crippen molar-refractivity contribution in [3.8, 4) is 0 Å². The Kier molecular flexibility index (Phi) is 6.61. The summed E-state index contributed by atoms with van der Waals surface area (Å²) in [6.07, 6.45) is -3.76. The van der Waals surface area contributed by atoms with Crippen LogP contribution in [0.15, 0.2) is 11.1 Å². The fourth-order valence-electron chi connectivity index (χ4n) is 2.67. The quantitative estimate of drug-likeness (QED) is 0.373. The Morgan fingerprint density at radius 3 is 1.44 bits per heavy atom. The summed E-state index contributed by atoms with van der Waals surface area (Å²) in [5.74, 6) is -1.08. The van der Waals surface area contributed by atoms with Crippen LogP contribution in [-0.2, 0) is 33.3 Å². The van der Waals surface area contributed by atoms with Crippen LogP contribution in [0.3, 0.4) is 0 Å². The average Bonchev–Trinajstić information content (AvgIpc) is 3.13. The molecule has 0 aromatic rings. The largest absolute Gasteiger partial charge is 0.461 e. The van der Waals surface area contributed by atoms with Crippen molar-refractivity contribution in [1.29, 1.82) is 0 Å². The van der Waals surface area contributed by atoms with Gasteiger partial charge in [0, 0.05) is 25.0 Å². The molecule has 1 saturated heterocycles. The second-order valence-electron chi connectivity index (χ2n) is 5.54. The number of fused-ring (bicyclic) bond motifs is 2. The normalized spacial score (nSPS) is 20.6. The molecular weight excluding hydrogens is 364 g/mol. The first-order chi connectivity index (χ1) is 12.8. The Labute approximate surface area is 155 Å². The molecule has 27 heavy (non-hydrogen) atoms. The van der Waals surface area contributed by atoms with Gasteiger partial charge in [-0.3, -0.25) is 9.59 Å². The highest BCUT2D eigenvalue weighted by atomic mass is 16.6. The lowest BCUT2D eigenvalue weighted by Crippen LogP contribution is -2.55. The molecule has 2 atom stereocenters. The summed E-state index contributed by atoms with van der Waals surface area (Å²) in [5, 5.41) is 1.92. The Morgan fingerprint density at radius 1 is 0.778 bits per heavy atom. The van der Waals surface area contributed by atoms with Gasteiger partial charge in [0.2, 0.25) is 0 Å². The zero-order valence-electron chi connectivity index (χ0n) is 15.6. The van der Waals surface area contributed by atoms with E-state index < -0.39 is 36.6 Å². The van der Waals surface area contributed by atoms with Gasteiger partial charge >= 0.3 is 24.1 Å². The summed E-state index contributed by atoms with van der Waals surface area (Å²) in [6.45, 7) is 5.45. The van der Waals surface area contributed by atoms with Gasteiger partial charge in [0.15, 0.2) is 12.5 Å². The molecule has 0 saturated carbocycles. The fraction of sp³-hybridized carbons (Fsp3) is 0.625. The first kappa shape index (κ1) is 20.5. The number of hydrazine groups is 1. The number of rotatable bonds is 6. The maximum Gasteiger partial charge on any atom is 0.431 e. The molecule has 2 amide bonds. The molecule has 0 aromatic carbocycles. The van der Waals surface area contributed by atoms with Crippen LogP contribution in [0.2, 0.25) is 0 Å². The summed E-state index contributed by atoms with van der Waals surface area (Å²) < 4.78 is 25.7. The molecule has 0 spiro atoms. The molecular formula is C16H22N2O9. The third kappa shape index (κ3) is 4.30. The van der Waals surface area contributed by atoms with Crippen molar-refractivity contribution in [1.82, 2.24) is 10.0 Å². The van der Waals surface area contributed by atoms with Gasteiger partial charge in [0.25, 0.3) is 0 Å². The standard InChI is InChI=1S/C16H22N2O9/c1-5-23-15(21)17-13-11(7-25-9(3)19)12(8-26-10(4)20)14(27-13)18(17)16(22)24-6-2/h13-14H,5-8H2,1-4H3. The predicted molar refractivity (Wildman–Crippen MR) is 86.7 cm³/mol. The summed E-state index contributed by atoms with van der Waals surface area (Å²) in [6, 6.07) is 0. The molecule has 2 heterocycles. The monoisotopic (exact) mass is 386 g/mol. The molecule has 0 aromatic heterocycles. The third-order valence-electron chi connectivity index (χ3n) is 3.71. The highest BCUT2D eigenvalue weighted by Gasteiger charge is 2.57. The first-order valence-electron chi connectivity index (χ1n) is 8.37. The molecule has 0 N–H and O–H groups in total. The zero-order chi connectivity index (χ0) is 20.1. The van der Waals surface area contributed by atoms with Gasteiger partial charge in [-0.15, -0.1) is 0 Å². The van der Waals surface area contributed by atoms with Crippen LogP contribution < -0.4 is 0 Å². The molecule has 0 aliphatic carbocycles. The van der Waals surface area contributed by atoms with Gasteiger partial charge < -0.3 is 23.7 Å². The summed E-state index contributed by atoms with van der Waals surface area (Å²) in [4.78, 5) is 47.1. The van der Waals surface area contributed by atoms with E-state index in [9.17, 15) is 19.2 Å². The van der Waals surface area contributed by atoms with Crippen LogP contribution in [0.1, 0.15) is 27.7 Å². The second-order valence-corrected chi connectivity index (χ2v) is 5.54. The lowest BCUT2D eigenvalue weighted by atomic mass is 10.1. The van der Waals surface area contributed by atoms with Crippen LogP contribution in [0.25, 0.3) is 0 Å². The molecule has 2 rings (SSSR count). The van der Waals surface area contributed by atoms with E-state index in [1.165, 1.54) is 13.8 Å². The highest BCUT2D eigenvalue weighted by molar-refractivity contribution is 5.77.